The van der Waals surface area contributed by atoms with Gasteiger partial charge in [0.25, 0.3) is 0 Å². The zero-order chi connectivity index (χ0) is 22.8. The van der Waals surface area contributed by atoms with E-state index < -0.39 is 12.1 Å². The van der Waals surface area contributed by atoms with E-state index >= 15 is 0 Å². The lowest BCUT2D eigenvalue weighted by atomic mass is 10.0. The number of piperidine rings is 1. The van der Waals surface area contributed by atoms with E-state index in [1.165, 1.54) is 0 Å². The molecule has 2 N–H and O–H groups in total. The van der Waals surface area contributed by atoms with Crippen molar-refractivity contribution in [3.8, 4) is 11.4 Å². The summed E-state index contributed by atoms with van der Waals surface area (Å²) in [5.74, 6) is -0.624. The van der Waals surface area contributed by atoms with Gasteiger partial charge in [0.05, 0.1) is 17.2 Å². The van der Waals surface area contributed by atoms with Crippen molar-refractivity contribution >= 4 is 17.0 Å². The topological polar surface area (TPSA) is 95.8 Å². The average Bonchev–Trinajstić information content (AvgIpc) is 3.46. The van der Waals surface area contributed by atoms with Crippen LogP contribution >= 0.6 is 0 Å². The number of halogens is 3. The summed E-state index contributed by atoms with van der Waals surface area (Å²) in [4.78, 5) is 17.8. The molecule has 5 rings (SSSR count). The second kappa shape index (κ2) is 8.81. The van der Waals surface area contributed by atoms with Crippen LogP contribution in [0.3, 0.4) is 0 Å². The zero-order valence-electron chi connectivity index (χ0n) is 17.6. The van der Waals surface area contributed by atoms with Crippen LogP contribution in [0.25, 0.3) is 22.4 Å². The van der Waals surface area contributed by atoms with Crippen LogP contribution in [0, 0.1) is 0 Å². The first kappa shape index (κ1) is 21.4. The van der Waals surface area contributed by atoms with E-state index in [2.05, 4.69) is 39.8 Å². The maximum atomic E-state index is 12.6. The smallest absolute Gasteiger partial charge is 0.353 e. The number of likely N-dealkylation sites (tertiary alicyclic amines) is 1. The van der Waals surface area contributed by atoms with Gasteiger partial charge in [-0.1, -0.05) is 29.4 Å². The summed E-state index contributed by atoms with van der Waals surface area (Å²) >= 11 is 0. The van der Waals surface area contributed by atoms with Crippen LogP contribution in [0.2, 0.25) is 0 Å². The fourth-order valence-electron chi connectivity index (χ4n) is 3.98. The third kappa shape index (κ3) is 4.98. The van der Waals surface area contributed by atoms with Crippen molar-refractivity contribution in [2.45, 2.75) is 31.5 Å². The zero-order valence-corrected chi connectivity index (χ0v) is 17.6. The van der Waals surface area contributed by atoms with E-state index in [9.17, 15) is 13.2 Å². The maximum absolute atomic E-state index is 12.6. The minimum Gasteiger partial charge on any atom is -0.353 e. The Labute approximate surface area is 187 Å². The number of pyridine rings is 1. The number of aromatic amines is 1. The van der Waals surface area contributed by atoms with Gasteiger partial charge in [0, 0.05) is 37.4 Å². The SMILES string of the molecule is FC(F)(F)c1nc(-c2ccc(CCN3CCC(Nc4nc5ccncc5[nH]4)CC3)cc2)no1. The first-order chi connectivity index (χ1) is 15.9. The van der Waals surface area contributed by atoms with Crippen molar-refractivity contribution < 1.29 is 17.7 Å². The molecule has 0 atom stereocenters. The van der Waals surface area contributed by atoms with Crippen molar-refractivity contribution in [3.63, 3.8) is 0 Å². The molecule has 8 nitrogen and oxygen atoms in total. The number of H-pyrrole nitrogens is 1. The number of alkyl halides is 3. The number of aromatic nitrogens is 5. The molecule has 33 heavy (non-hydrogen) atoms. The van der Waals surface area contributed by atoms with Crippen LogP contribution in [0.15, 0.2) is 47.2 Å². The van der Waals surface area contributed by atoms with Gasteiger partial charge in [-0.05, 0) is 30.9 Å². The third-order valence-electron chi connectivity index (χ3n) is 5.81. The first-order valence-electron chi connectivity index (χ1n) is 10.7. The lowest BCUT2D eigenvalue weighted by Crippen LogP contribution is -2.40. The highest BCUT2D eigenvalue weighted by molar-refractivity contribution is 5.76. The van der Waals surface area contributed by atoms with E-state index in [1.807, 2.05) is 18.2 Å². The van der Waals surface area contributed by atoms with Gasteiger partial charge in [-0.25, -0.2) is 4.98 Å². The Kier molecular flexibility index (Phi) is 5.71. The molecule has 172 valence electrons. The molecule has 1 aliphatic rings. The van der Waals surface area contributed by atoms with Crippen molar-refractivity contribution in [3.05, 3.63) is 54.2 Å². The molecule has 0 spiro atoms. The molecule has 0 unspecified atom stereocenters. The predicted molar refractivity (Wildman–Crippen MR) is 115 cm³/mol. The predicted octanol–water partition coefficient (Wildman–Crippen LogP) is 4.15. The number of fused-ring (bicyclic) bond motifs is 1. The van der Waals surface area contributed by atoms with E-state index in [1.54, 1.807) is 24.5 Å². The number of nitrogens with one attached hydrogen (secondary N) is 2. The number of hydrogen-bond acceptors (Lipinski definition) is 7. The third-order valence-corrected chi connectivity index (χ3v) is 5.81. The van der Waals surface area contributed by atoms with Crippen LogP contribution in [-0.2, 0) is 12.6 Å². The van der Waals surface area contributed by atoms with Gasteiger partial charge < -0.3 is 19.7 Å². The molecule has 0 aliphatic carbocycles. The van der Waals surface area contributed by atoms with Crippen molar-refractivity contribution in [1.29, 1.82) is 0 Å². The van der Waals surface area contributed by atoms with Crippen LogP contribution in [0.1, 0.15) is 24.3 Å². The summed E-state index contributed by atoms with van der Waals surface area (Å²) in [6.07, 6.45) is 1.76. The summed E-state index contributed by atoms with van der Waals surface area (Å²) in [6, 6.07) is 9.48. The van der Waals surface area contributed by atoms with E-state index in [0.717, 1.165) is 61.4 Å². The summed E-state index contributed by atoms with van der Waals surface area (Å²) in [5, 5.41) is 6.91. The minimum atomic E-state index is -4.64. The number of imidazole rings is 1. The number of hydrogen-bond donors (Lipinski definition) is 2. The molecule has 1 aromatic carbocycles. The Hall–Kier alpha value is -3.47. The molecule has 1 aliphatic heterocycles. The normalized spacial score (nSPS) is 15.8. The van der Waals surface area contributed by atoms with Gasteiger partial charge in [-0.15, -0.1) is 0 Å². The van der Waals surface area contributed by atoms with Crippen LogP contribution in [0.5, 0.6) is 0 Å². The standard InChI is InChI=1S/C22H22F3N7O/c23-22(24,25)20-30-19(31-33-20)15-3-1-14(2-4-15)6-10-32-11-7-16(8-12-32)27-21-28-17-5-9-26-13-18(17)29-21/h1-5,9,13,16H,6-8,10-12H2,(H2,27,28,29). The molecule has 1 saturated heterocycles. The quantitative estimate of drug-likeness (QED) is 0.449. The number of nitrogens with zero attached hydrogens (tertiary/aromatic N) is 5. The molecule has 0 amide bonds. The van der Waals surface area contributed by atoms with E-state index in [-0.39, 0.29) is 5.82 Å². The van der Waals surface area contributed by atoms with Gasteiger partial charge >= 0.3 is 12.1 Å². The monoisotopic (exact) mass is 457 g/mol. The fraction of sp³-hybridized carbons (Fsp3) is 0.364. The first-order valence-corrected chi connectivity index (χ1v) is 10.7. The summed E-state index contributed by atoms with van der Waals surface area (Å²) < 4.78 is 42.2. The average molecular weight is 457 g/mol. The fourth-order valence-corrected chi connectivity index (χ4v) is 3.98. The van der Waals surface area contributed by atoms with Gasteiger partial charge in [-0.3, -0.25) is 4.98 Å². The van der Waals surface area contributed by atoms with Gasteiger partial charge in [-0.2, -0.15) is 18.2 Å². The molecular weight excluding hydrogens is 435 g/mol. The minimum absolute atomic E-state index is 0.0656. The molecular formula is C22H22F3N7O. The van der Waals surface area contributed by atoms with Gasteiger partial charge in [0.1, 0.15) is 0 Å². The second-order valence-electron chi connectivity index (χ2n) is 8.11. The molecule has 0 radical (unpaired) electrons. The highest BCUT2D eigenvalue weighted by Gasteiger charge is 2.38. The lowest BCUT2D eigenvalue weighted by Gasteiger charge is -2.32. The maximum Gasteiger partial charge on any atom is 0.471 e. The second-order valence-corrected chi connectivity index (χ2v) is 8.11. The largest absolute Gasteiger partial charge is 0.471 e. The summed E-state index contributed by atoms with van der Waals surface area (Å²) in [6.45, 7) is 2.89. The molecule has 0 bridgehead atoms. The Morgan fingerprint density at radius 2 is 1.88 bits per heavy atom. The molecule has 11 heteroatoms. The van der Waals surface area contributed by atoms with Crippen LogP contribution in [0.4, 0.5) is 19.1 Å². The van der Waals surface area contributed by atoms with Gasteiger partial charge in [0.15, 0.2) is 0 Å². The molecule has 1 fully saturated rings. The summed E-state index contributed by atoms with van der Waals surface area (Å²) in [7, 11) is 0. The Balaban J connectivity index is 1.09. The Morgan fingerprint density at radius 3 is 2.58 bits per heavy atom. The Bertz CT molecular complexity index is 1180. The lowest BCUT2D eigenvalue weighted by molar-refractivity contribution is -0.159. The van der Waals surface area contributed by atoms with Crippen molar-refractivity contribution in [2.75, 3.05) is 25.0 Å². The van der Waals surface area contributed by atoms with E-state index in [0.29, 0.717) is 11.6 Å². The van der Waals surface area contributed by atoms with Crippen LogP contribution < -0.4 is 5.32 Å². The number of anilines is 1. The molecule has 4 heterocycles. The van der Waals surface area contributed by atoms with Crippen molar-refractivity contribution in [2.24, 2.45) is 0 Å². The summed E-state index contributed by atoms with van der Waals surface area (Å²) in [5.41, 5.74) is 3.42. The number of rotatable bonds is 6. The molecule has 4 aromatic rings. The van der Waals surface area contributed by atoms with Crippen molar-refractivity contribution in [1.82, 2.24) is 30.0 Å². The van der Waals surface area contributed by atoms with Crippen LogP contribution in [-0.4, -0.2) is 55.7 Å². The molecule has 3 aromatic heterocycles. The highest BCUT2D eigenvalue weighted by Crippen LogP contribution is 2.29. The highest BCUT2D eigenvalue weighted by atomic mass is 19.4. The Morgan fingerprint density at radius 1 is 1.09 bits per heavy atom. The molecule has 0 saturated carbocycles. The van der Waals surface area contributed by atoms with Gasteiger partial charge in [0.2, 0.25) is 11.8 Å². The van der Waals surface area contributed by atoms with E-state index in [4.69, 9.17) is 0 Å². The number of benzene rings is 1.